The van der Waals surface area contributed by atoms with Gasteiger partial charge in [0.05, 0.1) is 5.25 Å². The molecule has 1 saturated heterocycles. The van der Waals surface area contributed by atoms with Gasteiger partial charge in [-0.2, -0.15) is 0 Å². The van der Waals surface area contributed by atoms with Gasteiger partial charge in [-0.05, 0) is 31.6 Å². The second kappa shape index (κ2) is 5.72. The predicted molar refractivity (Wildman–Crippen MR) is 82.6 cm³/mol. The van der Waals surface area contributed by atoms with Crippen molar-refractivity contribution in [3.05, 3.63) is 18.2 Å². The predicted octanol–water partition coefficient (Wildman–Crippen LogP) is 2.21. The van der Waals surface area contributed by atoms with Gasteiger partial charge in [0.2, 0.25) is 10.0 Å². The van der Waals surface area contributed by atoms with E-state index in [0.717, 1.165) is 38.1 Å². The lowest BCUT2D eigenvalue weighted by Gasteiger charge is -2.31. The highest BCUT2D eigenvalue weighted by atomic mass is 32.2. The molecule has 21 heavy (non-hydrogen) atoms. The minimum atomic E-state index is -2.98. The van der Waals surface area contributed by atoms with Crippen molar-refractivity contribution < 1.29 is 8.42 Å². The molecule has 5 nitrogen and oxygen atoms in total. The van der Waals surface area contributed by atoms with Crippen LogP contribution in [0, 0.1) is 5.92 Å². The molecule has 0 radical (unpaired) electrons. The van der Waals surface area contributed by atoms with Crippen LogP contribution in [0.4, 0.5) is 0 Å². The first-order valence-electron chi connectivity index (χ1n) is 7.98. The zero-order valence-corrected chi connectivity index (χ0v) is 13.7. The summed E-state index contributed by atoms with van der Waals surface area (Å²) >= 11 is 0. The van der Waals surface area contributed by atoms with Gasteiger partial charge < -0.3 is 4.57 Å². The van der Waals surface area contributed by atoms with Crippen LogP contribution in [0.15, 0.2) is 12.4 Å². The molecule has 0 spiro atoms. The van der Waals surface area contributed by atoms with Crippen molar-refractivity contribution in [1.29, 1.82) is 0 Å². The molecule has 118 valence electrons. The van der Waals surface area contributed by atoms with Crippen LogP contribution in [0.25, 0.3) is 0 Å². The van der Waals surface area contributed by atoms with Gasteiger partial charge in [-0.25, -0.2) is 17.7 Å². The Bertz CT molecular complexity index is 582. The van der Waals surface area contributed by atoms with Crippen molar-refractivity contribution in [2.75, 3.05) is 13.1 Å². The van der Waals surface area contributed by atoms with Gasteiger partial charge in [0.15, 0.2) is 0 Å². The van der Waals surface area contributed by atoms with Gasteiger partial charge in [0.1, 0.15) is 5.82 Å². The molecular weight excluding hydrogens is 286 g/mol. The van der Waals surface area contributed by atoms with Crippen LogP contribution in [-0.4, -0.2) is 40.6 Å². The maximum absolute atomic E-state index is 12.2. The Labute approximate surface area is 127 Å². The highest BCUT2D eigenvalue weighted by molar-refractivity contribution is 7.90. The number of sulfonamides is 1. The first-order chi connectivity index (χ1) is 9.98. The molecule has 6 heteroatoms. The average molecular weight is 311 g/mol. The Hall–Kier alpha value is -0.880. The second-order valence-electron chi connectivity index (χ2n) is 6.68. The van der Waals surface area contributed by atoms with E-state index < -0.39 is 10.0 Å². The summed E-state index contributed by atoms with van der Waals surface area (Å²) < 4.78 is 28.4. The van der Waals surface area contributed by atoms with E-state index in [1.54, 1.807) is 4.31 Å². The van der Waals surface area contributed by atoms with Crippen LogP contribution in [0.5, 0.6) is 0 Å². The second-order valence-corrected chi connectivity index (χ2v) is 8.89. The Morgan fingerprint density at radius 3 is 2.48 bits per heavy atom. The van der Waals surface area contributed by atoms with Gasteiger partial charge >= 0.3 is 0 Å². The zero-order chi connectivity index (χ0) is 15.0. The van der Waals surface area contributed by atoms with E-state index in [0.29, 0.717) is 24.9 Å². The van der Waals surface area contributed by atoms with Crippen LogP contribution in [-0.2, 0) is 16.6 Å². The summed E-state index contributed by atoms with van der Waals surface area (Å²) in [7, 11) is -2.98. The highest BCUT2D eigenvalue weighted by Crippen LogP contribution is 2.33. The summed E-state index contributed by atoms with van der Waals surface area (Å²) in [5, 5.41) is -0.0738. The molecule has 1 aromatic rings. The molecule has 0 bridgehead atoms. The Morgan fingerprint density at radius 1 is 1.24 bits per heavy atom. The summed E-state index contributed by atoms with van der Waals surface area (Å²) in [5.41, 5.74) is 0. The quantitative estimate of drug-likeness (QED) is 0.838. The van der Waals surface area contributed by atoms with E-state index in [1.165, 1.54) is 0 Å². The molecule has 0 amide bonds. The standard InChI is InChI=1S/C15H25N3O2S/c1-12(2)15-16-7-10-17(15)11-13-5-8-18(9-6-13)21(19,20)14-3-4-14/h7,10,12-14H,3-6,8-9,11H2,1-2H3. The molecule has 1 saturated carbocycles. The third-order valence-electron chi connectivity index (χ3n) is 4.60. The first-order valence-corrected chi connectivity index (χ1v) is 9.49. The van der Waals surface area contributed by atoms with Gasteiger partial charge in [-0.1, -0.05) is 13.8 Å². The van der Waals surface area contributed by atoms with E-state index in [2.05, 4.69) is 23.4 Å². The van der Waals surface area contributed by atoms with Crippen LogP contribution >= 0.6 is 0 Å². The number of hydrogen-bond donors (Lipinski definition) is 0. The Morgan fingerprint density at radius 2 is 1.90 bits per heavy atom. The fraction of sp³-hybridized carbons (Fsp3) is 0.800. The van der Waals surface area contributed by atoms with Crippen molar-refractivity contribution >= 4 is 10.0 Å². The van der Waals surface area contributed by atoms with Crippen LogP contribution < -0.4 is 0 Å². The Kier molecular flexibility index (Phi) is 4.10. The molecule has 3 rings (SSSR count). The minimum Gasteiger partial charge on any atom is -0.334 e. The molecule has 0 unspecified atom stereocenters. The lowest BCUT2D eigenvalue weighted by molar-refractivity contribution is 0.250. The van der Waals surface area contributed by atoms with Crippen LogP contribution in [0.3, 0.4) is 0 Å². The summed E-state index contributed by atoms with van der Waals surface area (Å²) in [6.07, 6.45) is 7.54. The molecule has 1 aromatic heterocycles. The molecule has 2 aliphatic rings. The minimum absolute atomic E-state index is 0.0738. The van der Waals surface area contributed by atoms with Crippen molar-refractivity contribution in [3.8, 4) is 0 Å². The summed E-state index contributed by atoms with van der Waals surface area (Å²) in [5.74, 6) is 2.11. The monoisotopic (exact) mass is 311 g/mol. The SMILES string of the molecule is CC(C)c1nccn1CC1CCN(S(=O)(=O)C2CC2)CC1. The lowest BCUT2D eigenvalue weighted by atomic mass is 9.98. The topological polar surface area (TPSA) is 55.2 Å². The molecule has 2 heterocycles. The maximum atomic E-state index is 12.2. The molecular formula is C15H25N3O2S. The smallest absolute Gasteiger partial charge is 0.216 e. The third-order valence-corrected chi connectivity index (χ3v) is 7.00. The largest absolute Gasteiger partial charge is 0.334 e. The maximum Gasteiger partial charge on any atom is 0.216 e. The van der Waals surface area contributed by atoms with Crippen molar-refractivity contribution in [3.63, 3.8) is 0 Å². The zero-order valence-electron chi connectivity index (χ0n) is 12.9. The van der Waals surface area contributed by atoms with Crippen LogP contribution in [0.1, 0.15) is 51.3 Å². The van der Waals surface area contributed by atoms with Gasteiger partial charge in [0, 0.05) is 37.9 Å². The number of piperidine rings is 1. The van der Waals surface area contributed by atoms with Crippen molar-refractivity contribution in [2.24, 2.45) is 5.92 Å². The van der Waals surface area contributed by atoms with E-state index in [9.17, 15) is 8.42 Å². The highest BCUT2D eigenvalue weighted by Gasteiger charge is 2.41. The molecule has 2 fully saturated rings. The van der Waals surface area contributed by atoms with Gasteiger partial charge in [-0.3, -0.25) is 0 Å². The molecule has 0 atom stereocenters. The summed E-state index contributed by atoms with van der Waals surface area (Å²) in [6, 6.07) is 0. The van der Waals surface area contributed by atoms with E-state index in [4.69, 9.17) is 0 Å². The molecule has 0 aromatic carbocycles. The number of rotatable bonds is 5. The molecule has 1 aliphatic carbocycles. The van der Waals surface area contributed by atoms with E-state index in [-0.39, 0.29) is 5.25 Å². The lowest BCUT2D eigenvalue weighted by Crippen LogP contribution is -2.41. The molecule has 1 aliphatic heterocycles. The Balaban J connectivity index is 1.57. The van der Waals surface area contributed by atoms with Crippen molar-refractivity contribution in [2.45, 2.75) is 57.2 Å². The van der Waals surface area contributed by atoms with Gasteiger partial charge in [-0.15, -0.1) is 0 Å². The molecule has 0 N–H and O–H groups in total. The van der Waals surface area contributed by atoms with Gasteiger partial charge in [0.25, 0.3) is 0 Å². The van der Waals surface area contributed by atoms with Crippen LogP contribution in [0.2, 0.25) is 0 Å². The summed E-state index contributed by atoms with van der Waals surface area (Å²) in [6.45, 7) is 6.66. The van der Waals surface area contributed by atoms with E-state index >= 15 is 0 Å². The first kappa shape index (κ1) is 15.0. The van der Waals surface area contributed by atoms with E-state index in [1.807, 2.05) is 12.4 Å². The number of imidazole rings is 1. The fourth-order valence-corrected chi connectivity index (χ4v) is 5.05. The number of aromatic nitrogens is 2. The average Bonchev–Trinajstić information content (AvgIpc) is 3.21. The summed E-state index contributed by atoms with van der Waals surface area (Å²) in [4.78, 5) is 4.42. The number of nitrogens with zero attached hydrogens (tertiary/aromatic N) is 3. The normalized spacial score (nSPS) is 22.0. The fourth-order valence-electron chi connectivity index (χ4n) is 3.18. The number of hydrogen-bond acceptors (Lipinski definition) is 3. The van der Waals surface area contributed by atoms with Crippen molar-refractivity contribution in [1.82, 2.24) is 13.9 Å². The third kappa shape index (κ3) is 3.16.